The van der Waals surface area contributed by atoms with Gasteiger partial charge in [-0.1, -0.05) is 0 Å². The normalized spacial score (nSPS) is 12.1. The van der Waals surface area contributed by atoms with Crippen LogP contribution >= 0.6 is 0 Å². The van der Waals surface area contributed by atoms with E-state index >= 15 is 0 Å². The van der Waals surface area contributed by atoms with E-state index in [1.54, 1.807) is 12.4 Å². The van der Waals surface area contributed by atoms with E-state index in [1.807, 2.05) is 24.4 Å². The zero-order chi connectivity index (χ0) is 33.9. The van der Waals surface area contributed by atoms with Gasteiger partial charge in [0.2, 0.25) is 5.95 Å². The van der Waals surface area contributed by atoms with Crippen LogP contribution in [-0.2, 0) is 27.2 Å². The van der Waals surface area contributed by atoms with Crippen LogP contribution in [0, 0.1) is 0 Å². The van der Waals surface area contributed by atoms with Gasteiger partial charge in [0.05, 0.1) is 11.9 Å². The maximum atomic E-state index is 10.6. The first-order chi connectivity index (χ1) is 20.1. The van der Waals surface area contributed by atoms with Crippen LogP contribution in [-0.4, -0.2) is 66.7 Å². The number of nitrogens with two attached hydrogens (primary N) is 1. The summed E-state index contributed by atoms with van der Waals surface area (Å²) in [5.74, 6) is -7.02. The van der Waals surface area contributed by atoms with Crippen LogP contribution in [0.15, 0.2) is 48.9 Å². The quantitative estimate of drug-likeness (QED) is 0.142. The molecule has 3 heterocycles. The van der Waals surface area contributed by atoms with Crippen LogP contribution in [0.2, 0.25) is 0 Å². The molecule has 0 saturated heterocycles. The first kappa shape index (κ1) is 36.7. The second-order valence-electron chi connectivity index (χ2n) is 7.92. The Morgan fingerprint density at radius 3 is 1.75 bits per heavy atom. The Bertz CT molecular complexity index is 1390. The highest BCUT2D eigenvalue weighted by Crippen LogP contribution is 2.24. The molecule has 3 aromatic rings. The summed E-state index contributed by atoms with van der Waals surface area (Å²) < 4.78 is 95.2. The predicted octanol–water partition coefficient (Wildman–Crippen LogP) is 4.94. The second kappa shape index (κ2) is 15.2. The summed E-state index contributed by atoms with van der Waals surface area (Å²) >= 11 is 0. The van der Waals surface area contributed by atoms with E-state index in [0.717, 1.165) is 46.8 Å². The number of alkyl halides is 9. The molecule has 12 nitrogen and oxygen atoms in total. The van der Waals surface area contributed by atoms with Crippen LogP contribution in [0.4, 0.5) is 68.3 Å². The molecular weight excluding hydrogens is 627 g/mol. The zero-order valence-electron chi connectivity index (χ0n) is 21.4. The van der Waals surface area contributed by atoms with Crippen molar-refractivity contribution < 1.29 is 69.2 Å². The molecule has 1 aromatic carbocycles. The number of aromatic nitrogens is 3. The number of carboxylic acids is 3. The Balaban J connectivity index is 0.000000379. The van der Waals surface area contributed by atoms with Gasteiger partial charge in [-0.15, -0.1) is 0 Å². The lowest BCUT2D eigenvalue weighted by Gasteiger charge is -2.10. The third kappa shape index (κ3) is 13.5. The van der Waals surface area contributed by atoms with Crippen molar-refractivity contribution in [2.24, 2.45) is 0 Å². The molecule has 44 heavy (non-hydrogen) atoms. The third-order valence-corrected chi connectivity index (χ3v) is 4.53. The zero-order valence-corrected chi connectivity index (χ0v) is 21.4. The number of nitrogen functional groups attached to an aromatic ring is 1. The van der Waals surface area contributed by atoms with E-state index in [9.17, 15) is 39.5 Å². The Morgan fingerprint density at radius 1 is 0.727 bits per heavy atom. The highest BCUT2D eigenvalue weighted by atomic mass is 19.4. The first-order valence-electron chi connectivity index (χ1n) is 11.2. The fourth-order valence-corrected chi connectivity index (χ4v) is 2.64. The summed E-state index contributed by atoms with van der Waals surface area (Å²) in [6.07, 6.45) is -8.17. The number of carboxylic acid groups (broad SMARTS) is 3. The van der Waals surface area contributed by atoms with Crippen LogP contribution in [0.1, 0.15) is 11.1 Å². The maximum Gasteiger partial charge on any atom is 0.490 e. The number of benzene rings is 1. The number of pyridine rings is 1. The van der Waals surface area contributed by atoms with E-state index in [1.165, 1.54) is 0 Å². The van der Waals surface area contributed by atoms with E-state index in [-0.39, 0.29) is 0 Å². The fourth-order valence-electron chi connectivity index (χ4n) is 2.64. The number of anilines is 5. The van der Waals surface area contributed by atoms with Gasteiger partial charge in [-0.3, -0.25) is 4.98 Å². The third-order valence-electron chi connectivity index (χ3n) is 4.53. The van der Waals surface area contributed by atoms with E-state index in [4.69, 9.17) is 35.4 Å². The molecule has 6 bridgehead atoms. The highest BCUT2D eigenvalue weighted by Gasteiger charge is 2.39. The molecule has 2 aromatic heterocycles. The van der Waals surface area contributed by atoms with Crippen molar-refractivity contribution in [2.75, 3.05) is 16.4 Å². The van der Waals surface area contributed by atoms with Crippen LogP contribution in [0.3, 0.4) is 0 Å². The topological polar surface area (TPSA) is 201 Å². The van der Waals surface area contributed by atoms with E-state index in [0.29, 0.717) is 5.95 Å². The average molecular weight is 646 g/mol. The van der Waals surface area contributed by atoms with Crippen LogP contribution in [0.25, 0.3) is 0 Å². The summed E-state index contributed by atoms with van der Waals surface area (Å²) in [4.78, 5) is 39.7. The summed E-state index contributed by atoms with van der Waals surface area (Å²) in [5.41, 5.74) is 11.0. The molecule has 4 rings (SSSR count). The molecule has 0 spiro atoms. The van der Waals surface area contributed by atoms with Gasteiger partial charge >= 0.3 is 36.4 Å². The molecule has 240 valence electrons. The lowest BCUT2D eigenvalue weighted by Crippen LogP contribution is -2.21. The molecule has 0 unspecified atom stereocenters. The molecule has 0 atom stereocenters. The van der Waals surface area contributed by atoms with Crippen molar-refractivity contribution in [3.8, 4) is 0 Å². The fraction of sp³-hybridized carbons (Fsp3) is 0.217. The van der Waals surface area contributed by atoms with Gasteiger partial charge in [0, 0.05) is 23.8 Å². The van der Waals surface area contributed by atoms with Crippen LogP contribution in [0.5, 0.6) is 0 Å². The summed E-state index contributed by atoms with van der Waals surface area (Å²) in [7, 11) is 0. The molecule has 7 N–H and O–H groups in total. The van der Waals surface area contributed by atoms with Crippen molar-refractivity contribution in [3.63, 3.8) is 0 Å². The van der Waals surface area contributed by atoms with E-state index < -0.39 is 36.4 Å². The predicted molar refractivity (Wildman–Crippen MR) is 132 cm³/mol. The second-order valence-corrected chi connectivity index (χ2v) is 7.92. The molecule has 0 amide bonds. The summed E-state index contributed by atoms with van der Waals surface area (Å²) in [6.45, 7) is 0. The average Bonchev–Trinajstić information content (AvgIpc) is 2.89. The highest BCUT2D eigenvalue weighted by molar-refractivity contribution is 5.73. The van der Waals surface area contributed by atoms with Crippen molar-refractivity contribution >= 4 is 46.7 Å². The number of halogens is 9. The van der Waals surface area contributed by atoms with Crippen molar-refractivity contribution in [2.45, 2.75) is 31.4 Å². The standard InChI is InChI=1S/C17H16N6.3C2HF3O2/c18-15-4-3-13-8-12(15)2-1-11-7-14(10-19-9-11)22-17-20-6-5-16(21-13)23-17;3*3-2(4,5)1(6)7/h3-10H,1-2,18H2,(H2,20,21,22,23);3*(H,6,7). The van der Waals surface area contributed by atoms with Gasteiger partial charge in [0.15, 0.2) is 0 Å². The van der Waals surface area contributed by atoms with Crippen molar-refractivity contribution in [3.05, 3.63) is 60.0 Å². The van der Waals surface area contributed by atoms with Gasteiger partial charge in [0.1, 0.15) is 5.82 Å². The van der Waals surface area contributed by atoms with Gasteiger partial charge in [0.25, 0.3) is 0 Å². The summed E-state index contributed by atoms with van der Waals surface area (Å²) in [6, 6.07) is 9.84. The molecule has 1 aliphatic rings. The molecule has 0 radical (unpaired) electrons. The Hall–Kier alpha value is -5.37. The molecule has 0 saturated carbocycles. The minimum absolute atomic E-state index is 0.531. The summed E-state index contributed by atoms with van der Waals surface area (Å²) in [5, 5.41) is 27.9. The number of aliphatic carboxylic acids is 3. The van der Waals surface area contributed by atoms with Gasteiger partial charge in [-0.2, -0.15) is 44.5 Å². The Labute approximate surface area is 239 Å². The largest absolute Gasteiger partial charge is 0.490 e. The number of hydrogen-bond acceptors (Lipinski definition) is 9. The minimum atomic E-state index is -5.08. The van der Waals surface area contributed by atoms with Crippen LogP contribution < -0.4 is 16.4 Å². The number of aryl methyl sites for hydroxylation is 2. The number of hydrogen-bond donors (Lipinski definition) is 6. The SMILES string of the molecule is Nc1ccc2cc1CCc1cncc(c1)Nc1nccc(n1)N2.O=C(O)C(F)(F)F.O=C(O)C(F)(F)F.O=C(O)C(F)(F)F. The Morgan fingerprint density at radius 2 is 1.25 bits per heavy atom. The number of carbonyl (C=O) groups is 3. The van der Waals surface area contributed by atoms with Gasteiger partial charge in [-0.25, -0.2) is 19.4 Å². The number of nitrogens with zero attached hydrogens (tertiary/aromatic N) is 3. The molecule has 1 aliphatic heterocycles. The van der Waals surface area contributed by atoms with Crippen molar-refractivity contribution in [1.29, 1.82) is 0 Å². The van der Waals surface area contributed by atoms with E-state index in [2.05, 4.69) is 37.7 Å². The molecule has 21 heteroatoms. The Kier molecular flexibility index (Phi) is 12.7. The first-order valence-corrected chi connectivity index (χ1v) is 11.2. The lowest BCUT2D eigenvalue weighted by molar-refractivity contribution is -0.193. The number of nitrogens with one attached hydrogen (secondary N) is 2. The number of rotatable bonds is 0. The smallest absolute Gasteiger partial charge is 0.475 e. The molecular formula is C23H19F9N6O6. The lowest BCUT2D eigenvalue weighted by atomic mass is 10.0. The van der Waals surface area contributed by atoms with Crippen molar-refractivity contribution in [1.82, 2.24) is 15.0 Å². The van der Waals surface area contributed by atoms with Gasteiger partial charge in [-0.05, 0) is 54.3 Å². The minimum Gasteiger partial charge on any atom is -0.475 e. The molecule has 0 fully saturated rings. The monoisotopic (exact) mass is 646 g/mol. The maximum absolute atomic E-state index is 10.6. The van der Waals surface area contributed by atoms with Gasteiger partial charge < -0.3 is 31.7 Å². The number of fused-ring (bicyclic) bond motifs is 6. The molecule has 0 aliphatic carbocycles.